The van der Waals surface area contributed by atoms with E-state index in [1.165, 1.54) is 5.56 Å². The minimum absolute atomic E-state index is 0.588. The van der Waals surface area contributed by atoms with Crippen molar-refractivity contribution in [3.8, 4) is 22.9 Å². The Morgan fingerprint density at radius 1 is 0.893 bits per heavy atom. The zero-order chi connectivity index (χ0) is 19.9. The third-order valence-corrected chi connectivity index (χ3v) is 4.75. The molecule has 1 heterocycles. The maximum Gasteiger partial charge on any atom is 0.241 e. The van der Waals surface area contributed by atoms with Crippen molar-refractivity contribution >= 4 is 0 Å². The first-order chi connectivity index (χ1) is 13.7. The zero-order valence-electron chi connectivity index (χ0n) is 16.9. The van der Waals surface area contributed by atoms with Gasteiger partial charge in [0.2, 0.25) is 11.7 Å². The van der Waals surface area contributed by atoms with E-state index in [0.717, 1.165) is 42.1 Å². The van der Waals surface area contributed by atoms with Gasteiger partial charge in [-0.3, -0.25) is 4.90 Å². The molecule has 1 aromatic heterocycles. The molecular formula is C22H27N3O3. The summed E-state index contributed by atoms with van der Waals surface area (Å²) in [5.41, 5.74) is 3.39. The van der Waals surface area contributed by atoms with Crippen LogP contribution < -0.4 is 9.47 Å². The molecule has 0 radical (unpaired) electrons. The zero-order valence-corrected chi connectivity index (χ0v) is 16.9. The van der Waals surface area contributed by atoms with Gasteiger partial charge in [-0.15, -0.1) is 0 Å². The molecule has 0 aliphatic rings. The van der Waals surface area contributed by atoms with E-state index >= 15 is 0 Å². The highest BCUT2D eigenvalue weighted by atomic mass is 16.5. The number of rotatable bonds is 9. The first-order valence-electron chi connectivity index (χ1n) is 9.52. The van der Waals surface area contributed by atoms with Gasteiger partial charge in [-0.2, -0.15) is 4.98 Å². The normalized spacial score (nSPS) is 11.0. The van der Waals surface area contributed by atoms with Gasteiger partial charge in [0.05, 0.1) is 20.8 Å². The molecule has 3 rings (SSSR count). The highest BCUT2D eigenvalue weighted by molar-refractivity contribution is 5.54. The monoisotopic (exact) mass is 381 g/mol. The third-order valence-electron chi connectivity index (χ3n) is 4.75. The van der Waals surface area contributed by atoms with Crippen molar-refractivity contribution in [3.63, 3.8) is 0 Å². The van der Waals surface area contributed by atoms with Gasteiger partial charge in [-0.25, -0.2) is 0 Å². The molecule has 148 valence electrons. The van der Waals surface area contributed by atoms with Crippen LogP contribution in [0, 0.1) is 0 Å². The largest absolute Gasteiger partial charge is 0.493 e. The van der Waals surface area contributed by atoms with E-state index in [1.807, 2.05) is 30.3 Å². The highest BCUT2D eigenvalue weighted by Crippen LogP contribution is 2.28. The van der Waals surface area contributed by atoms with Crippen LogP contribution in [-0.4, -0.2) is 35.8 Å². The van der Waals surface area contributed by atoms with Crippen LogP contribution in [0.5, 0.6) is 11.5 Å². The summed E-state index contributed by atoms with van der Waals surface area (Å²) in [6.07, 6.45) is 1.01. The maximum atomic E-state index is 5.48. The van der Waals surface area contributed by atoms with E-state index in [1.54, 1.807) is 14.2 Å². The predicted molar refractivity (Wildman–Crippen MR) is 108 cm³/mol. The molecule has 0 unspecified atom stereocenters. The van der Waals surface area contributed by atoms with Crippen molar-refractivity contribution in [2.75, 3.05) is 20.8 Å². The molecule has 6 nitrogen and oxygen atoms in total. The summed E-state index contributed by atoms with van der Waals surface area (Å²) in [4.78, 5) is 6.80. The van der Waals surface area contributed by atoms with Crippen molar-refractivity contribution in [3.05, 3.63) is 59.5 Å². The molecule has 0 N–H and O–H groups in total. The van der Waals surface area contributed by atoms with E-state index in [-0.39, 0.29) is 0 Å². The molecule has 2 aromatic carbocycles. The smallest absolute Gasteiger partial charge is 0.241 e. The second-order valence-corrected chi connectivity index (χ2v) is 6.55. The lowest BCUT2D eigenvalue weighted by molar-refractivity contribution is 0.228. The number of aromatic nitrogens is 2. The average Bonchev–Trinajstić information content (AvgIpc) is 3.21. The summed E-state index contributed by atoms with van der Waals surface area (Å²) >= 11 is 0. The molecule has 0 fully saturated rings. The van der Waals surface area contributed by atoms with Gasteiger partial charge in [-0.05, 0) is 36.2 Å². The van der Waals surface area contributed by atoms with Crippen molar-refractivity contribution < 1.29 is 14.0 Å². The number of hydrogen-bond acceptors (Lipinski definition) is 6. The number of nitrogens with zero attached hydrogens (tertiary/aromatic N) is 3. The molecule has 6 heteroatoms. The Balaban J connectivity index is 1.68. The van der Waals surface area contributed by atoms with E-state index in [9.17, 15) is 0 Å². The van der Waals surface area contributed by atoms with Crippen LogP contribution in [0.3, 0.4) is 0 Å². The molecule has 0 bridgehead atoms. The summed E-state index contributed by atoms with van der Waals surface area (Å²) in [6, 6.07) is 14.2. The fraction of sp³-hybridized carbons (Fsp3) is 0.364. The molecular weight excluding hydrogens is 354 g/mol. The van der Waals surface area contributed by atoms with Gasteiger partial charge < -0.3 is 14.0 Å². The van der Waals surface area contributed by atoms with Crippen LogP contribution in [0.15, 0.2) is 47.0 Å². The fourth-order valence-electron chi connectivity index (χ4n) is 3.03. The predicted octanol–water partition coefficient (Wildman–Crippen LogP) is 4.34. The third kappa shape index (κ3) is 4.70. The van der Waals surface area contributed by atoms with Crippen LogP contribution in [0.1, 0.15) is 30.9 Å². The summed E-state index contributed by atoms with van der Waals surface area (Å²) in [6.45, 7) is 6.45. The number of ether oxygens (including phenoxy) is 2. The van der Waals surface area contributed by atoms with Crippen LogP contribution in [0.2, 0.25) is 0 Å². The topological polar surface area (TPSA) is 60.6 Å². The van der Waals surface area contributed by atoms with Gasteiger partial charge in [0.15, 0.2) is 11.5 Å². The second kappa shape index (κ2) is 9.37. The molecule has 0 aliphatic carbocycles. The molecule has 0 saturated carbocycles. The van der Waals surface area contributed by atoms with E-state index in [0.29, 0.717) is 18.3 Å². The minimum atomic E-state index is 0.588. The first-order valence-corrected chi connectivity index (χ1v) is 9.52. The lowest BCUT2D eigenvalue weighted by Gasteiger charge is -2.19. The second-order valence-electron chi connectivity index (χ2n) is 6.55. The molecule has 3 aromatic rings. The SMILES string of the molecule is CCc1ccc(-c2noc(CN(CC)Cc3ccc(OC)c(OC)c3)n2)cc1. The Labute approximate surface area is 166 Å². The first kappa shape index (κ1) is 19.9. The van der Waals surface area contributed by atoms with Crippen molar-refractivity contribution in [2.24, 2.45) is 0 Å². The number of methoxy groups -OCH3 is 2. The van der Waals surface area contributed by atoms with Crippen LogP contribution >= 0.6 is 0 Å². The number of hydrogen-bond donors (Lipinski definition) is 0. The molecule has 0 saturated heterocycles. The maximum absolute atomic E-state index is 5.48. The van der Waals surface area contributed by atoms with Crippen LogP contribution in [0.4, 0.5) is 0 Å². The molecule has 0 amide bonds. The molecule has 0 aliphatic heterocycles. The quantitative estimate of drug-likeness (QED) is 0.549. The Hall–Kier alpha value is -2.86. The Morgan fingerprint density at radius 3 is 2.25 bits per heavy atom. The van der Waals surface area contributed by atoms with Crippen LogP contribution in [-0.2, 0) is 19.5 Å². The van der Waals surface area contributed by atoms with Crippen molar-refractivity contribution in [1.29, 1.82) is 0 Å². The van der Waals surface area contributed by atoms with E-state index < -0.39 is 0 Å². The summed E-state index contributed by atoms with van der Waals surface area (Å²) in [5.74, 6) is 2.69. The summed E-state index contributed by atoms with van der Waals surface area (Å²) < 4.78 is 16.2. The van der Waals surface area contributed by atoms with Crippen molar-refractivity contribution in [1.82, 2.24) is 15.0 Å². The lowest BCUT2D eigenvalue weighted by Crippen LogP contribution is -2.22. The summed E-state index contributed by atoms with van der Waals surface area (Å²) in [5, 5.41) is 4.14. The molecule has 0 atom stereocenters. The molecule has 28 heavy (non-hydrogen) atoms. The molecule has 0 spiro atoms. The average molecular weight is 381 g/mol. The fourth-order valence-corrected chi connectivity index (χ4v) is 3.03. The van der Waals surface area contributed by atoms with E-state index in [4.69, 9.17) is 14.0 Å². The van der Waals surface area contributed by atoms with Gasteiger partial charge in [0.25, 0.3) is 0 Å². The highest BCUT2D eigenvalue weighted by Gasteiger charge is 2.14. The minimum Gasteiger partial charge on any atom is -0.493 e. The lowest BCUT2D eigenvalue weighted by atomic mass is 10.1. The number of benzene rings is 2. The van der Waals surface area contributed by atoms with Gasteiger partial charge in [0, 0.05) is 12.1 Å². The Kier molecular flexibility index (Phi) is 6.66. The number of aryl methyl sites for hydroxylation is 1. The summed E-state index contributed by atoms with van der Waals surface area (Å²) in [7, 11) is 3.28. The van der Waals surface area contributed by atoms with E-state index in [2.05, 4.69) is 41.0 Å². The van der Waals surface area contributed by atoms with Gasteiger partial charge >= 0.3 is 0 Å². The van der Waals surface area contributed by atoms with Gasteiger partial charge in [-0.1, -0.05) is 49.3 Å². The van der Waals surface area contributed by atoms with Crippen LogP contribution in [0.25, 0.3) is 11.4 Å². The Morgan fingerprint density at radius 2 is 1.61 bits per heavy atom. The standard InChI is InChI=1S/C22H27N3O3/c1-5-16-7-10-18(11-8-16)22-23-21(28-24-22)15-25(6-2)14-17-9-12-19(26-3)20(13-17)27-4/h7-13H,5-6,14-15H2,1-4H3. The van der Waals surface area contributed by atoms with Gasteiger partial charge in [0.1, 0.15) is 0 Å². The van der Waals surface area contributed by atoms with Crippen molar-refractivity contribution in [2.45, 2.75) is 33.4 Å². The Bertz CT molecular complexity index is 890.